The first-order chi connectivity index (χ1) is 6.62. The normalized spacial score (nSPS) is 26.8. The Balaban J connectivity index is 2.36. The molecule has 1 aliphatic heterocycles. The van der Waals surface area contributed by atoms with E-state index < -0.39 is 0 Å². The van der Waals surface area contributed by atoms with Crippen LogP contribution in [0.15, 0.2) is 6.20 Å². The van der Waals surface area contributed by atoms with E-state index >= 15 is 0 Å². The van der Waals surface area contributed by atoms with Crippen LogP contribution in [0.2, 0.25) is 5.15 Å². The highest BCUT2D eigenvalue weighted by molar-refractivity contribution is 14.1. The molecule has 0 N–H and O–H groups in total. The van der Waals surface area contributed by atoms with Gasteiger partial charge in [0.25, 0.3) is 0 Å². The summed E-state index contributed by atoms with van der Waals surface area (Å²) in [5.74, 6) is 2.08. The van der Waals surface area contributed by atoms with E-state index in [0.29, 0.717) is 5.15 Å². The highest BCUT2D eigenvalue weighted by atomic mass is 127. The minimum absolute atomic E-state index is 0.0774. The number of rotatable bonds is 1. The molecule has 2 nitrogen and oxygen atoms in total. The van der Waals surface area contributed by atoms with Crippen LogP contribution in [0.25, 0.3) is 0 Å². The lowest BCUT2D eigenvalue weighted by atomic mass is 10.1. The average molecular weight is 341 g/mol. The van der Waals surface area contributed by atoms with Crippen molar-refractivity contribution >= 4 is 46.0 Å². The van der Waals surface area contributed by atoms with Crippen molar-refractivity contribution in [3.63, 3.8) is 0 Å². The van der Waals surface area contributed by atoms with Crippen LogP contribution >= 0.6 is 46.0 Å². The molecule has 76 valence electrons. The Bertz CT molecular complexity index is 353. The zero-order valence-corrected chi connectivity index (χ0v) is 11.5. The first-order valence-electron chi connectivity index (χ1n) is 4.44. The zero-order valence-electron chi connectivity index (χ0n) is 7.76. The van der Waals surface area contributed by atoms with Crippen LogP contribution in [0.1, 0.15) is 25.6 Å². The molecule has 0 bridgehead atoms. The van der Waals surface area contributed by atoms with Crippen molar-refractivity contribution < 1.29 is 0 Å². The van der Waals surface area contributed by atoms with Crippen molar-refractivity contribution in [2.24, 2.45) is 0 Å². The van der Waals surface area contributed by atoms with Gasteiger partial charge in [-0.15, -0.1) is 11.8 Å². The Kier molecular flexibility index (Phi) is 3.24. The third kappa shape index (κ3) is 2.02. The fourth-order valence-electron chi connectivity index (χ4n) is 1.56. The smallest absolute Gasteiger partial charge is 0.146 e. The summed E-state index contributed by atoms with van der Waals surface area (Å²) in [5, 5.41) is 0.573. The quantitative estimate of drug-likeness (QED) is 0.578. The molecule has 5 heteroatoms. The van der Waals surface area contributed by atoms with E-state index in [1.54, 1.807) is 6.20 Å². The lowest BCUT2D eigenvalue weighted by Crippen LogP contribution is -2.17. The maximum atomic E-state index is 5.99. The summed E-state index contributed by atoms with van der Waals surface area (Å²) in [6.07, 6.45) is 4.19. The van der Waals surface area contributed by atoms with E-state index in [9.17, 15) is 0 Å². The molecule has 0 aromatic carbocycles. The van der Waals surface area contributed by atoms with Crippen LogP contribution in [0.3, 0.4) is 0 Å². The second kappa shape index (κ2) is 4.14. The summed E-state index contributed by atoms with van der Waals surface area (Å²) in [7, 11) is 0. The lowest BCUT2D eigenvalue weighted by molar-refractivity contribution is 0.603. The summed E-state index contributed by atoms with van der Waals surface area (Å²) in [4.78, 5) is 8.72. The van der Waals surface area contributed by atoms with Gasteiger partial charge in [0.2, 0.25) is 0 Å². The number of hydrogen-bond donors (Lipinski definition) is 0. The van der Waals surface area contributed by atoms with Crippen LogP contribution in [-0.4, -0.2) is 15.7 Å². The van der Waals surface area contributed by atoms with Gasteiger partial charge < -0.3 is 0 Å². The molecule has 1 fully saturated rings. The first kappa shape index (κ1) is 11.0. The second-order valence-electron chi connectivity index (χ2n) is 3.52. The molecule has 2 rings (SSSR count). The molecule has 2 heterocycles. The monoisotopic (exact) mass is 340 g/mol. The van der Waals surface area contributed by atoms with Crippen LogP contribution < -0.4 is 0 Å². The summed E-state index contributed by atoms with van der Waals surface area (Å²) in [5.41, 5.74) is 0. The van der Waals surface area contributed by atoms with E-state index in [-0.39, 0.29) is 4.75 Å². The standard InChI is InChI=1S/C9H10ClIN2S/c1-9(3-2-4-14-9)8-12-5-6(11)7(10)13-8/h5H,2-4H2,1H3. The molecule has 1 aromatic heterocycles. The van der Waals surface area contributed by atoms with Crippen molar-refractivity contribution in [2.45, 2.75) is 24.5 Å². The van der Waals surface area contributed by atoms with Gasteiger partial charge >= 0.3 is 0 Å². The van der Waals surface area contributed by atoms with E-state index in [1.807, 2.05) is 11.8 Å². The third-order valence-electron chi connectivity index (χ3n) is 2.39. The Morgan fingerprint density at radius 3 is 3.00 bits per heavy atom. The maximum absolute atomic E-state index is 5.99. The molecule has 0 spiro atoms. The molecular formula is C9H10ClIN2S. The van der Waals surface area contributed by atoms with Gasteiger partial charge in [0.1, 0.15) is 11.0 Å². The van der Waals surface area contributed by atoms with Gasteiger partial charge in [-0.3, -0.25) is 0 Å². The van der Waals surface area contributed by atoms with Gasteiger partial charge in [0, 0.05) is 6.20 Å². The number of nitrogens with zero attached hydrogens (tertiary/aromatic N) is 2. The van der Waals surface area contributed by atoms with Gasteiger partial charge in [-0.25, -0.2) is 9.97 Å². The molecule has 0 radical (unpaired) electrons. The van der Waals surface area contributed by atoms with Crippen molar-refractivity contribution in [3.05, 3.63) is 20.7 Å². The minimum Gasteiger partial charge on any atom is -0.239 e. The highest BCUT2D eigenvalue weighted by Gasteiger charge is 2.34. The average Bonchev–Trinajstić information content (AvgIpc) is 2.58. The van der Waals surface area contributed by atoms with Gasteiger partial charge in [-0.2, -0.15) is 0 Å². The van der Waals surface area contributed by atoms with Gasteiger partial charge in [0.05, 0.1) is 8.32 Å². The summed E-state index contributed by atoms with van der Waals surface area (Å²) < 4.78 is 0.994. The fourth-order valence-corrected chi connectivity index (χ4v) is 3.20. The summed E-state index contributed by atoms with van der Waals surface area (Å²) in [6, 6.07) is 0. The zero-order chi connectivity index (χ0) is 10.2. The lowest BCUT2D eigenvalue weighted by Gasteiger charge is -2.20. The summed E-state index contributed by atoms with van der Waals surface area (Å²) in [6.45, 7) is 2.20. The number of hydrogen-bond acceptors (Lipinski definition) is 3. The third-order valence-corrected chi connectivity index (χ3v) is 5.31. The van der Waals surface area contributed by atoms with Crippen molar-refractivity contribution in [3.8, 4) is 0 Å². The number of aromatic nitrogens is 2. The Morgan fingerprint density at radius 2 is 2.43 bits per heavy atom. The van der Waals surface area contributed by atoms with E-state index in [4.69, 9.17) is 11.6 Å². The Morgan fingerprint density at radius 1 is 1.64 bits per heavy atom. The van der Waals surface area contributed by atoms with Gasteiger partial charge in [-0.1, -0.05) is 11.6 Å². The van der Waals surface area contributed by atoms with Crippen LogP contribution in [-0.2, 0) is 4.75 Å². The predicted octanol–water partition coefficient (Wildman–Crippen LogP) is 3.48. The van der Waals surface area contributed by atoms with Gasteiger partial charge in [-0.05, 0) is 48.1 Å². The van der Waals surface area contributed by atoms with Crippen LogP contribution in [0, 0.1) is 3.57 Å². The minimum atomic E-state index is 0.0774. The SMILES string of the molecule is CC1(c2ncc(I)c(Cl)n2)CCCS1. The topological polar surface area (TPSA) is 25.8 Å². The molecule has 1 saturated heterocycles. The second-order valence-corrected chi connectivity index (χ2v) is 6.63. The van der Waals surface area contributed by atoms with Crippen molar-refractivity contribution in [1.29, 1.82) is 0 Å². The molecule has 1 aromatic rings. The molecular weight excluding hydrogens is 331 g/mol. The molecule has 0 amide bonds. The molecule has 0 aliphatic carbocycles. The Hall–Kier alpha value is 0.450. The first-order valence-corrected chi connectivity index (χ1v) is 6.88. The fraction of sp³-hybridized carbons (Fsp3) is 0.556. The van der Waals surface area contributed by atoms with E-state index in [1.165, 1.54) is 12.2 Å². The molecule has 1 atom stereocenters. The molecule has 1 aliphatic rings. The number of thioether (sulfide) groups is 1. The van der Waals surface area contributed by atoms with E-state index in [2.05, 4.69) is 39.5 Å². The van der Waals surface area contributed by atoms with Crippen LogP contribution in [0.5, 0.6) is 0 Å². The van der Waals surface area contributed by atoms with E-state index in [0.717, 1.165) is 15.8 Å². The predicted molar refractivity (Wildman–Crippen MR) is 68.8 cm³/mol. The molecule has 14 heavy (non-hydrogen) atoms. The molecule has 0 saturated carbocycles. The maximum Gasteiger partial charge on any atom is 0.146 e. The molecule has 1 unspecified atom stereocenters. The van der Waals surface area contributed by atoms with Crippen molar-refractivity contribution in [2.75, 3.05) is 5.75 Å². The highest BCUT2D eigenvalue weighted by Crippen LogP contribution is 2.44. The van der Waals surface area contributed by atoms with Crippen molar-refractivity contribution in [1.82, 2.24) is 9.97 Å². The Labute approximate surface area is 106 Å². The number of halogens is 2. The largest absolute Gasteiger partial charge is 0.239 e. The summed E-state index contributed by atoms with van der Waals surface area (Å²) >= 11 is 10.1. The van der Waals surface area contributed by atoms with Crippen LogP contribution in [0.4, 0.5) is 0 Å². The van der Waals surface area contributed by atoms with Gasteiger partial charge in [0.15, 0.2) is 0 Å².